The molecule has 12 nitrogen and oxygen atoms in total. The average Bonchev–Trinajstić information content (AvgIpc) is 1.64. The molecule has 111 heavy (non-hydrogen) atoms. The lowest BCUT2D eigenvalue weighted by Crippen LogP contribution is -2.31. The van der Waals surface area contributed by atoms with Gasteiger partial charge in [0.1, 0.15) is 72.9 Å². The number of pyridine rings is 4. The molecule has 18 rings (SSSR count). The molecule has 0 aliphatic carbocycles. The zero-order valence-corrected chi connectivity index (χ0v) is 63.5. The van der Waals surface area contributed by atoms with Gasteiger partial charge in [-0.15, -0.1) is 0 Å². The summed E-state index contributed by atoms with van der Waals surface area (Å²) in [6.07, 6.45) is 6.38. The van der Waals surface area contributed by atoms with Crippen LogP contribution >= 0.6 is 0 Å². The number of furan rings is 4. The Balaban J connectivity index is 0.000000122. The number of benzene rings is 10. The van der Waals surface area contributed by atoms with E-state index in [1.165, 1.54) is 18.1 Å². The average molecular weight is 1450 g/mol. The fourth-order valence-corrected chi connectivity index (χ4v) is 15.0. The lowest BCUT2D eigenvalue weighted by molar-refractivity contribution is -0.660. The SMILES string of the molecule is [2H]C([2H])([2H])C([2H])(C)c1cc[n+](C)c(-c2cc3oc4cc([N+]#[C-])ccc4c3cc2C)c1.[2H]C([2H])(c1ccc(-c2cc3oc4cc([N+]#[C-])ccc4c3cc2C)[n+](C)c1)C(C)C.[C-]#[N+]c1cc(-c2ccccc2)c2c(c1)oc1cc(-c3cccc[n+]3C)c(C)cc12.[C-]#[N+]c1ccc2c(oc3cc(-c4cccc[n+]4C)c(C)cc32)c1-c1ccccc1. The van der Waals surface area contributed by atoms with Gasteiger partial charge in [-0.2, -0.15) is 0 Å². The van der Waals surface area contributed by atoms with Crippen LogP contribution in [0.4, 0.5) is 22.7 Å². The van der Waals surface area contributed by atoms with E-state index in [1.54, 1.807) is 36.5 Å². The Morgan fingerprint density at radius 1 is 0.378 bits per heavy atom. The van der Waals surface area contributed by atoms with E-state index in [-0.39, 0.29) is 5.92 Å². The molecule has 0 aliphatic rings. The Bertz CT molecular complexity index is 7150. The Morgan fingerprint density at radius 3 is 1.34 bits per heavy atom. The predicted molar refractivity (Wildman–Crippen MR) is 449 cm³/mol. The molecule has 1 atom stereocenters. The first-order valence-corrected chi connectivity index (χ1v) is 36.5. The Labute approximate surface area is 654 Å². The molecule has 0 bridgehead atoms. The summed E-state index contributed by atoms with van der Waals surface area (Å²) in [5.74, 6) is -1.83. The first-order chi connectivity index (χ1) is 56.1. The minimum absolute atomic E-state index is 0.109. The molecule has 0 N–H and O–H groups in total. The summed E-state index contributed by atoms with van der Waals surface area (Å²) >= 11 is 0. The molecule has 18 aromatic rings. The van der Waals surface area contributed by atoms with Crippen LogP contribution in [-0.2, 0) is 34.6 Å². The van der Waals surface area contributed by atoms with E-state index in [9.17, 15) is 0 Å². The number of rotatable bonds is 9. The third-order valence-corrected chi connectivity index (χ3v) is 20.5. The van der Waals surface area contributed by atoms with Crippen LogP contribution in [-0.4, -0.2) is 0 Å². The maximum Gasteiger partial charge on any atom is 0.212 e. The highest BCUT2D eigenvalue weighted by molar-refractivity contribution is 6.16. The van der Waals surface area contributed by atoms with Gasteiger partial charge in [0.25, 0.3) is 0 Å². The molecule has 0 aliphatic heterocycles. The minimum atomic E-state index is -2.44. The quantitative estimate of drug-likeness (QED) is 0.106. The summed E-state index contributed by atoms with van der Waals surface area (Å²) in [5.41, 5.74) is 26.2. The van der Waals surface area contributed by atoms with Crippen LogP contribution in [0.2, 0.25) is 0 Å². The first kappa shape index (κ1) is 65.3. The molecule has 12 heteroatoms. The van der Waals surface area contributed by atoms with Crippen LogP contribution in [0.25, 0.3) is 174 Å². The second kappa shape index (κ2) is 30.3. The zero-order valence-electron chi connectivity index (χ0n) is 69.5. The van der Waals surface area contributed by atoms with Crippen LogP contribution in [0.1, 0.15) is 75.1 Å². The molecule has 8 heterocycles. The lowest BCUT2D eigenvalue weighted by atomic mass is 9.96. The van der Waals surface area contributed by atoms with Gasteiger partial charge < -0.3 is 17.7 Å². The predicted octanol–water partition coefficient (Wildman–Crippen LogP) is 25.4. The van der Waals surface area contributed by atoms with E-state index < -0.39 is 19.1 Å². The highest BCUT2D eigenvalue weighted by Gasteiger charge is 2.25. The van der Waals surface area contributed by atoms with Gasteiger partial charge in [0.05, 0.1) is 48.5 Å². The second-order valence-corrected chi connectivity index (χ2v) is 28.4. The van der Waals surface area contributed by atoms with E-state index in [1.807, 2.05) is 222 Å². The van der Waals surface area contributed by atoms with Crippen molar-refractivity contribution >= 4 is 111 Å². The van der Waals surface area contributed by atoms with Gasteiger partial charge in [-0.05, 0) is 181 Å². The van der Waals surface area contributed by atoms with Gasteiger partial charge >= 0.3 is 0 Å². The summed E-state index contributed by atoms with van der Waals surface area (Å²) in [5, 5.41) is 8.22. The Morgan fingerprint density at radius 2 is 0.829 bits per heavy atom. The molecule has 8 aromatic heterocycles. The van der Waals surface area contributed by atoms with E-state index >= 15 is 0 Å². The van der Waals surface area contributed by atoms with Crippen molar-refractivity contribution < 1.29 is 44.2 Å². The molecular formula is C99H82N8O4+4. The standard InChI is InChI=1S/2C26H19N2O.C24H23N2O.C23H21N2O/c1-17-15-21-19-12-13-22(27-2)25(18-9-5-4-6-10-18)26(19)29-24(21)16-20(17)23-11-7-8-14-28(23)3;1-17-13-22-24(16-20(17)23-11-7-8-12-28(23)3)29-25-15-19(27-2)14-21(26(22)25)18-9-5-4-6-10-18;1-15(2)10-17-6-9-22(26(5)14-17)20-13-24-21(11-16(20)3)19-8-7-18(25-4)12-23(19)27-24;1-14(2)16-8-9-25(5)21(11-16)19-13-23-20(10-15(19)3)18-7-6-17(24-4)12-22(18)26-23/h2*4-16H,1,3H3;6-9,11-15H,10H2,1-3,5H3;6-14H,1-3,5H3/q4*+1/i;;10D2;1D3,14D. The first-order valence-electron chi connectivity index (χ1n) is 39.5. The van der Waals surface area contributed by atoms with Gasteiger partial charge in [-0.25, -0.2) is 37.6 Å². The number of fused-ring (bicyclic) bond motifs is 12. The Hall–Kier alpha value is -14.0. The van der Waals surface area contributed by atoms with Gasteiger partial charge in [0, 0.05) is 105 Å². The van der Waals surface area contributed by atoms with Crippen molar-refractivity contribution in [3.8, 4) is 67.3 Å². The largest absolute Gasteiger partial charge is 0.457 e. The molecule has 538 valence electrons. The maximum atomic E-state index is 8.43. The molecule has 0 radical (unpaired) electrons. The van der Waals surface area contributed by atoms with Crippen LogP contribution in [0.5, 0.6) is 0 Å². The van der Waals surface area contributed by atoms with Crippen molar-refractivity contribution in [3.05, 3.63) is 334 Å². The highest BCUT2D eigenvalue weighted by Crippen LogP contribution is 2.46. The van der Waals surface area contributed by atoms with Crippen molar-refractivity contribution in [2.24, 2.45) is 34.1 Å². The molecule has 10 aromatic carbocycles. The number of hydrogen-bond donors (Lipinski definition) is 0. The molecular weight excluding hydrogens is 1370 g/mol. The van der Waals surface area contributed by atoms with Crippen molar-refractivity contribution in [2.75, 3.05) is 0 Å². The summed E-state index contributed by atoms with van der Waals surface area (Å²) in [7, 11) is 7.93. The van der Waals surface area contributed by atoms with E-state index in [2.05, 4.69) is 104 Å². The smallest absolute Gasteiger partial charge is 0.212 e. The topological polar surface area (TPSA) is 85.5 Å². The van der Waals surface area contributed by atoms with Gasteiger partial charge in [-0.3, -0.25) is 0 Å². The van der Waals surface area contributed by atoms with Crippen molar-refractivity contribution in [1.29, 1.82) is 0 Å². The van der Waals surface area contributed by atoms with Crippen molar-refractivity contribution in [3.63, 3.8) is 0 Å². The van der Waals surface area contributed by atoms with Crippen molar-refractivity contribution in [1.82, 2.24) is 0 Å². The van der Waals surface area contributed by atoms with Gasteiger partial charge in [0.15, 0.2) is 47.5 Å². The second-order valence-electron chi connectivity index (χ2n) is 28.4. The third kappa shape index (κ3) is 14.1. The molecule has 0 spiro atoms. The van der Waals surface area contributed by atoms with Gasteiger partial charge in [0.2, 0.25) is 22.8 Å². The molecule has 0 saturated carbocycles. The molecule has 0 fully saturated rings. The number of aromatic nitrogens is 4. The molecule has 0 saturated heterocycles. The van der Waals surface area contributed by atoms with E-state index in [0.29, 0.717) is 45.0 Å². The van der Waals surface area contributed by atoms with Crippen LogP contribution in [0, 0.1) is 59.9 Å². The van der Waals surface area contributed by atoms with Crippen LogP contribution < -0.4 is 18.3 Å². The number of aryl methyl sites for hydroxylation is 8. The van der Waals surface area contributed by atoms with Crippen molar-refractivity contribution in [2.45, 2.75) is 67.6 Å². The number of hydrogen-bond acceptors (Lipinski definition) is 4. The highest BCUT2D eigenvalue weighted by atomic mass is 16.3. The Kier molecular flexibility index (Phi) is 17.8. The number of nitrogens with zero attached hydrogens (tertiary/aromatic N) is 8. The summed E-state index contributed by atoms with van der Waals surface area (Å²) in [6.45, 7) is 40.6. The fraction of sp³-hybridized carbons (Fsp3) is 0.152. The fourth-order valence-electron chi connectivity index (χ4n) is 15.0. The maximum absolute atomic E-state index is 8.43. The molecule has 1 unspecified atom stereocenters. The van der Waals surface area contributed by atoms with E-state index in [4.69, 9.17) is 52.2 Å². The minimum Gasteiger partial charge on any atom is -0.457 e. The summed E-state index contributed by atoms with van der Waals surface area (Å²) in [6, 6.07) is 75.3. The van der Waals surface area contributed by atoms with Crippen LogP contribution in [0.15, 0.2) is 273 Å². The zero-order chi connectivity index (χ0) is 82.7. The summed E-state index contributed by atoms with van der Waals surface area (Å²) < 4.78 is 81.2. The van der Waals surface area contributed by atoms with E-state index in [0.717, 1.165) is 155 Å². The van der Waals surface area contributed by atoms with Gasteiger partial charge in [-0.1, -0.05) is 125 Å². The van der Waals surface area contributed by atoms with Crippen LogP contribution in [0.3, 0.4) is 0 Å². The lowest BCUT2D eigenvalue weighted by Gasteiger charge is -2.09. The normalized spacial score (nSPS) is 12.8. The third-order valence-electron chi connectivity index (χ3n) is 20.5. The monoisotopic (exact) mass is 1450 g/mol. The summed E-state index contributed by atoms with van der Waals surface area (Å²) in [4.78, 5) is 14.3. The molecule has 0 amide bonds.